The summed E-state index contributed by atoms with van der Waals surface area (Å²) in [5, 5.41) is 3.62. The second-order valence-electron chi connectivity index (χ2n) is 9.52. The molecule has 2 aromatic carbocycles. The number of para-hydroxylation sites is 1. The molecule has 1 aliphatic heterocycles. The number of nitrogens with zero attached hydrogens (tertiary/aromatic N) is 3. The highest BCUT2D eigenvalue weighted by molar-refractivity contribution is 6.04. The Hall–Kier alpha value is -4.37. The van der Waals surface area contributed by atoms with E-state index in [4.69, 9.17) is 9.47 Å². The summed E-state index contributed by atoms with van der Waals surface area (Å²) in [6, 6.07) is 15.4. The normalized spacial score (nSPS) is 15.4. The Morgan fingerprint density at radius 3 is 2.66 bits per heavy atom. The maximum absolute atomic E-state index is 13.7. The molecule has 5 rings (SSSR count). The first kappa shape index (κ1) is 25.3. The van der Waals surface area contributed by atoms with Gasteiger partial charge in [-0.1, -0.05) is 24.3 Å². The Morgan fingerprint density at radius 2 is 1.92 bits per heavy atom. The van der Waals surface area contributed by atoms with Gasteiger partial charge in [0.2, 0.25) is 0 Å². The van der Waals surface area contributed by atoms with Crippen LogP contribution in [0.25, 0.3) is 33.3 Å². The average molecular weight is 514 g/mol. The van der Waals surface area contributed by atoms with Crippen LogP contribution in [0.4, 0.5) is 10.5 Å². The van der Waals surface area contributed by atoms with Gasteiger partial charge in [-0.05, 0) is 49.8 Å². The summed E-state index contributed by atoms with van der Waals surface area (Å²) in [6.07, 6.45) is 3.97. The quantitative estimate of drug-likeness (QED) is 0.382. The molecule has 1 fully saturated rings. The van der Waals surface area contributed by atoms with Gasteiger partial charge in [-0.3, -0.25) is 10.1 Å². The van der Waals surface area contributed by atoms with Crippen molar-refractivity contribution in [1.82, 2.24) is 19.8 Å². The fourth-order valence-electron chi connectivity index (χ4n) is 5.01. The van der Waals surface area contributed by atoms with Gasteiger partial charge in [-0.25, -0.2) is 9.78 Å². The van der Waals surface area contributed by atoms with Crippen LogP contribution < -0.4 is 10.1 Å². The average Bonchev–Trinajstić information content (AvgIpc) is 3.58. The number of fused-ring (bicyclic) bond motifs is 1. The van der Waals surface area contributed by atoms with Crippen LogP contribution in [0, 0.1) is 0 Å². The van der Waals surface area contributed by atoms with E-state index in [2.05, 4.69) is 20.2 Å². The minimum atomic E-state index is -0.632. The summed E-state index contributed by atoms with van der Waals surface area (Å²) in [5.41, 5.74) is 5.12. The number of anilines is 1. The minimum Gasteiger partial charge on any atom is -0.496 e. The van der Waals surface area contributed by atoms with Crippen LogP contribution in [0.2, 0.25) is 0 Å². The highest BCUT2D eigenvalue weighted by Gasteiger charge is 2.29. The lowest BCUT2D eigenvalue weighted by atomic mass is 9.99. The highest BCUT2D eigenvalue weighted by Crippen LogP contribution is 2.36. The van der Waals surface area contributed by atoms with Crippen molar-refractivity contribution in [3.05, 3.63) is 66.5 Å². The van der Waals surface area contributed by atoms with Gasteiger partial charge in [0, 0.05) is 54.1 Å². The molecule has 2 N–H and O–H groups in total. The summed E-state index contributed by atoms with van der Waals surface area (Å²) < 4.78 is 10.4. The lowest BCUT2D eigenvalue weighted by Gasteiger charge is -2.25. The Balaban J connectivity index is 1.56. The van der Waals surface area contributed by atoms with Crippen molar-refractivity contribution >= 4 is 28.7 Å². The zero-order chi connectivity index (χ0) is 26.8. The molecule has 9 nitrogen and oxygen atoms in total. The van der Waals surface area contributed by atoms with Crippen LogP contribution in [0.1, 0.15) is 16.8 Å². The summed E-state index contributed by atoms with van der Waals surface area (Å²) >= 11 is 0. The molecule has 4 aromatic rings. The SMILES string of the molecule is COC(=O)Nc1ccc(-c2cnc3[nH]cc(-c4ccccc4OC)c3c2)cc1C(=O)N(C)C1CCN(C)C1. The van der Waals surface area contributed by atoms with E-state index in [1.165, 1.54) is 7.11 Å². The monoisotopic (exact) mass is 513 g/mol. The first-order valence-corrected chi connectivity index (χ1v) is 12.4. The number of rotatable bonds is 6. The number of likely N-dealkylation sites (N-methyl/N-ethyl adjacent to an activating group) is 2. The zero-order valence-electron chi connectivity index (χ0n) is 21.9. The molecule has 38 heavy (non-hydrogen) atoms. The van der Waals surface area contributed by atoms with Crippen LogP contribution in [0.5, 0.6) is 5.75 Å². The third-order valence-electron chi connectivity index (χ3n) is 7.17. The number of pyridine rings is 1. The maximum atomic E-state index is 13.7. The Bertz CT molecular complexity index is 1500. The van der Waals surface area contributed by atoms with Crippen molar-refractivity contribution in [3.63, 3.8) is 0 Å². The van der Waals surface area contributed by atoms with Crippen molar-refractivity contribution < 1.29 is 19.1 Å². The van der Waals surface area contributed by atoms with Crippen LogP contribution in [-0.4, -0.2) is 79.2 Å². The van der Waals surface area contributed by atoms with Gasteiger partial charge in [0.05, 0.1) is 25.5 Å². The van der Waals surface area contributed by atoms with Crippen LogP contribution in [0.3, 0.4) is 0 Å². The molecule has 0 radical (unpaired) electrons. The number of ether oxygens (including phenoxy) is 2. The molecule has 9 heteroatoms. The number of likely N-dealkylation sites (tertiary alicyclic amines) is 1. The number of hydrogen-bond donors (Lipinski definition) is 2. The molecule has 1 atom stereocenters. The molecule has 0 spiro atoms. The molecule has 1 aliphatic rings. The van der Waals surface area contributed by atoms with Crippen molar-refractivity contribution in [2.24, 2.45) is 0 Å². The maximum Gasteiger partial charge on any atom is 0.411 e. The lowest BCUT2D eigenvalue weighted by Crippen LogP contribution is -2.39. The van der Waals surface area contributed by atoms with Crippen molar-refractivity contribution in [2.75, 3.05) is 46.7 Å². The highest BCUT2D eigenvalue weighted by atomic mass is 16.5. The van der Waals surface area contributed by atoms with Crippen molar-refractivity contribution in [2.45, 2.75) is 12.5 Å². The molecule has 1 unspecified atom stereocenters. The number of hydrogen-bond acceptors (Lipinski definition) is 6. The molecule has 0 bridgehead atoms. The third-order valence-corrected chi connectivity index (χ3v) is 7.17. The summed E-state index contributed by atoms with van der Waals surface area (Å²) in [7, 11) is 6.81. The standard InChI is InChI=1S/C29H31N5O4/c1-33-12-11-20(17-33)34(2)28(35)23-13-18(9-10-25(23)32-29(36)38-4)19-14-22-24(16-31-27(22)30-15-19)21-7-5-6-8-26(21)37-3/h5-10,13-16,20H,11-12,17H2,1-4H3,(H,30,31)(H,32,36). The fraction of sp³-hybridized carbons (Fsp3) is 0.276. The van der Waals surface area contributed by atoms with E-state index in [1.807, 2.05) is 56.7 Å². The second-order valence-corrected chi connectivity index (χ2v) is 9.52. The topological polar surface area (TPSA) is 99.8 Å². The summed E-state index contributed by atoms with van der Waals surface area (Å²) in [4.78, 5) is 37.6. The Kier molecular flexibility index (Phi) is 7.02. The predicted octanol–water partition coefficient (Wildman–Crippen LogP) is 4.86. The van der Waals surface area contributed by atoms with Gasteiger partial charge >= 0.3 is 6.09 Å². The Morgan fingerprint density at radius 1 is 1.11 bits per heavy atom. The van der Waals surface area contributed by atoms with E-state index < -0.39 is 6.09 Å². The van der Waals surface area contributed by atoms with Gasteiger partial charge in [0.25, 0.3) is 5.91 Å². The number of carbonyl (C=O) groups excluding carboxylic acids is 2. The molecule has 2 aromatic heterocycles. The molecular formula is C29H31N5O4. The van der Waals surface area contributed by atoms with Gasteiger partial charge in [-0.2, -0.15) is 0 Å². The van der Waals surface area contributed by atoms with Crippen LogP contribution in [-0.2, 0) is 4.74 Å². The van der Waals surface area contributed by atoms with E-state index in [9.17, 15) is 9.59 Å². The summed E-state index contributed by atoms with van der Waals surface area (Å²) in [6.45, 7) is 1.74. The molecular weight excluding hydrogens is 482 g/mol. The largest absolute Gasteiger partial charge is 0.496 e. The number of amides is 2. The van der Waals surface area contributed by atoms with Gasteiger partial charge in [0.15, 0.2) is 0 Å². The number of methoxy groups -OCH3 is 2. The van der Waals surface area contributed by atoms with E-state index in [1.54, 1.807) is 30.3 Å². The number of aromatic nitrogens is 2. The van der Waals surface area contributed by atoms with Crippen molar-refractivity contribution in [3.8, 4) is 28.0 Å². The van der Waals surface area contributed by atoms with Crippen LogP contribution >= 0.6 is 0 Å². The number of aromatic amines is 1. The molecule has 0 saturated carbocycles. The second kappa shape index (κ2) is 10.5. The first-order chi connectivity index (χ1) is 18.4. The first-order valence-electron chi connectivity index (χ1n) is 12.4. The smallest absolute Gasteiger partial charge is 0.411 e. The fourth-order valence-corrected chi connectivity index (χ4v) is 5.01. The summed E-state index contributed by atoms with van der Waals surface area (Å²) in [5.74, 6) is 0.606. The van der Waals surface area contributed by atoms with Gasteiger partial charge in [-0.15, -0.1) is 0 Å². The number of benzene rings is 2. The zero-order valence-corrected chi connectivity index (χ0v) is 21.9. The van der Waals surface area contributed by atoms with E-state index in [0.29, 0.717) is 11.3 Å². The number of carbonyl (C=O) groups is 2. The predicted molar refractivity (Wildman–Crippen MR) is 148 cm³/mol. The van der Waals surface area contributed by atoms with E-state index >= 15 is 0 Å². The molecule has 0 aliphatic carbocycles. The third kappa shape index (κ3) is 4.80. The minimum absolute atomic E-state index is 0.100. The molecule has 2 amide bonds. The molecule has 196 valence electrons. The van der Waals surface area contributed by atoms with Crippen LogP contribution in [0.15, 0.2) is 60.9 Å². The van der Waals surface area contributed by atoms with Gasteiger partial charge < -0.3 is 24.3 Å². The molecule has 3 heterocycles. The van der Waals surface area contributed by atoms with Crippen molar-refractivity contribution in [1.29, 1.82) is 0 Å². The number of nitrogens with one attached hydrogen (secondary N) is 2. The number of H-pyrrole nitrogens is 1. The van der Waals surface area contributed by atoms with E-state index in [-0.39, 0.29) is 11.9 Å². The molecule has 1 saturated heterocycles. The Labute approximate surface area is 221 Å². The van der Waals surface area contributed by atoms with E-state index in [0.717, 1.165) is 58.5 Å². The van der Waals surface area contributed by atoms with Gasteiger partial charge in [0.1, 0.15) is 11.4 Å². The lowest BCUT2D eigenvalue weighted by molar-refractivity contribution is 0.0738.